The zero-order chi connectivity index (χ0) is 17.6. The largest absolute Gasteiger partial charge is 0.477 e. The molecule has 0 aliphatic rings. The summed E-state index contributed by atoms with van der Waals surface area (Å²) in [6.45, 7) is 2.03. The molecule has 0 saturated heterocycles. The van der Waals surface area contributed by atoms with Crippen molar-refractivity contribution in [3.63, 3.8) is 0 Å². The van der Waals surface area contributed by atoms with Crippen molar-refractivity contribution >= 4 is 39.6 Å². The fraction of sp³-hybridized carbons (Fsp3) is 0.0556. The van der Waals surface area contributed by atoms with Crippen molar-refractivity contribution in [2.45, 2.75) is 6.92 Å². The van der Waals surface area contributed by atoms with Crippen LogP contribution in [0.1, 0.15) is 15.2 Å². The number of carboxylic acid groups (broad SMARTS) is 1. The Balaban J connectivity index is 1.88. The van der Waals surface area contributed by atoms with E-state index >= 15 is 0 Å². The van der Waals surface area contributed by atoms with E-state index in [-0.39, 0.29) is 0 Å². The summed E-state index contributed by atoms with van der Waals surface area (Å²) in [5.41, 5.74) is 2.97. The van der Waals surface area contributed by atoms with Gasteiger partial charge in [0.15, 0.2) is 10.6 Å². The summed E-state index contributed by atoms with van der Waals surface area (Å²) in [4.78, 5) is 11.5. The number of H-pyrrole nitrogens is 1. The Morgan fingerprint density at radius 3 is 2.68 bits per heavy atom. The summed E-state index contributed by atoms with van der Waals surface area (Å²) < 4.78 is 3.25. The number of fused-ring (bicyclic) bond motifs is 1. The van der Waals surface area contributed by atoms with Crippen LogP contribution >= 0.6 is 23.6 Å². The van der Waals surface area contributed by atoms with Crippen molar-refractivity contribution in [2.24, 2.45) is 0 Å². The number of aromatic carboxylic acids is 1. The SMILES string of the molecule is Cc1ccc(-c2n[nH]c(=S)n2-c2ccc3cc(C(=O)O)sc3c2)cc1. The van der Waals surface area contributed by atoms with Gasteiger partial charge in [0, 0.05) is 10.3 Å². The van der Waals surface area contributed by atoms with Gasteiger partial charge in [-0.1, -0.05) is 35.9 Å². The van der Waals surface area contributed by atoms with Crippen molar-refractivity contribution < 1.29 is 9.90 Å². The van der Waals surface area contributed by atoms with Gasteiger partial charge in [-0.15, -0.1) is 11.3 Å². The highest BCUT2D eigenvalue weighted by atomic mass is 32.1. The third-order valence-electron chi connectivity index (χ3n) is 3.95. The van der Waals surface area contributed by atoms with E-state index in [1.807, 2.05) is 54.0 Å². The van der Waals surface area contributed by atoms with E-state index in [4.69, 9.17) is 12.2 Å². The smallest absolute Gasteiger partial charge is 0.345 e. The lowest BCUT2D eigenvalue weighted by Crippen LogP contribution is -1.97. The molecule has 4 aromatic rings. The van der Waals surface area contributed by atoms with E-state index in [1.165, 1.54) is 16.9 Å². The molecule has 0 radical (unpaired) electrons. The molecule has 2 N–H and O–H groups in total. The Labute approximate surface area is 152 Å². The molecule has 0 unspecified atom stereocenters. The third kappa shape index (κ3) is 2.77. The Morgan fingerprint density at radius 1 is 1.20 bits per heavy atom. The van der Waals surface area contributed by atoms with Crippen LogP contribution in [0.5, 0.6) is 0 Å². The summed E-state index contributed by atoms with van der Waals surface area (Å²) in [5, 5.41) is 17.3. The molecule has 124 valence electrons. The Hall–Kier alpha value is -2.77. The number of thiophene rings is 1. The van der Waals surface area contributed by atoms with Gasteiger partial charge in [-0.05, 0) is 42.7 Å². The minimum absolute atomic E-state index is 0.321. The molecule has 5 nitrogen and oxygen atoms in total. The molecular formula is C18H13N3O2S2. The molecule has 0 fully saturated rings. The first-order valence-corrected chi connectivity index (χ1v) is 8.77. The molecule has 2 aromatic carbocycles. The van der Waals surface area contributed by atoms with Crippen LogP contribution in [0.2, 0.25) is 0 Å². The molecular weight excluding hydrogens is 354 g/mol. The molecule has 0 bridgehead atoms. The third-order valence-corrected chi connectivity index (χ3v) is 5.31. The van der Waals surface area contributed by atoms with Crippen molar-refractivity contribution in [1.82, 2.24) is 14.8 Å². The number of hydrogen-bond acceptors (Lipinski definition) is 4. The predicted octanol–water partition coefficient (Wildman–Crippen LogP) is 4.82. The number of hydrogen-bond donors (Lipinski definition) is 2. The number of nitrogens with zero attached hydrogens (tertiary/aromatic N) is 2. The topological polar surface area (TPSA) is 70.9 Å². The van der Waals surface area contributed by atoms with E-state index in [1.54, 1.807) is 6.07 Å². The van der Waals surface area contributed by atoms with Gasteiger partial charge in [-0.25, -0.2) is 4.79 Å². The monoisotopic (exact) mass is 367 g/mol. The van der Waals surface area contributed by atoms with Crippen LogP contribution < -0.4 is 0 Å². The molecule has 2 aromatic heterocycles. The second-order valence-electron chi connectivity index (χ2n) is 5.69. The lowest BCUT2D eigenvalue weighted by Gasteiger charge is -2.07. The summed E-state index contributed by atoms with van der Waals surface area (Å²) in [6.07, 6.45) is 0. The van der Waals surface area contributed by atoms with Gasteiger partial charge in [0.2, 0.25) is 0 Å². The van der Waals surface area contributed by atoms with Crippen LogP contribution in [-0.2, 0) is 0 Å². The maximum absolute atomic E-state index is 11.2. The lowest BCUT2D eigenvalue weighted by molar-refractivity contribution is 0.0702. The van der Waals surface area contributed by atoms with E-state index < -0.39 is 5.97 Å². The van der Waals surface area contributed by atoms with E-state index in [9.17, 15) is 9.90 Å². The molecule has 0 atom stereocenters. The highest BCUT2D eigenvalue weighted by molar-refractivity contribution is 7.71. The first-order chi connectivity index (χ1) is 12.0. The van der Waals surface area contributed by atoms with Crippen LogP contribution in [0.25, 0.3) is 27.2 Å². The number of nitrogens with one attached hydrogen (secondary N) is 1. The van der Waals surface area contributed by atoms with Crippen LogP contribution in [0.3, 0.4) is 0 Å². The maximum atomic E-state index is 11.2. The first-order valence-electron chi connectivity index (χ1n) is 7.54. The highest BCUT2D eigenvalue weighted by Gasteiger charge is 2.13. The Morgan fingerprint density at radius 2 is 1.96 bits per heavy atom. The molecule has 0 saturated carbocycles. The fourth-order valence-electron chi connectivity index (χ4n) is 2.70. The van der Waals surface area contributed by atoms with Gasteiger partial charge in [0.05, 0.1) is 5.69 Å². The summed E-state index contributed by atoms with van der Waals surface area (Å²) in [6, 6.07) is 15.5. The van der Waals surface area contributed by atoms with E-state index in [2.05, 4.69) is 10.2 Å². The van der Waals surface area contributed by atoms with Crippen LogP contribution in [0.15, 0.2) is 48.5 Å². The zero-order valence-electron chi connectivity index (χ0n) is 13.2. The predicted molar refractivity (Wildman–Crippen MR) is 101 cm³/mol. The summed E-state index contributed by atoms with van der Waals surface area (Å²) in [7, 11) is 0. The lowest BCUT2D eigenvalue weighted by atomic mass is 10.1. The summed E-state index contributed by atoms with van der Waals surface area (Å²) in [5.74, 6) is -0.192. The number of aromatic amines is 1. The second-order valence-corrected chi connectivity index (χ2v) is 7.16. The average molecular weight is 367 g/mol. The van der Waals surface area contributed by atoms with Crippen molar-refractivity contribution in [2.75, 3.05) is 0 Å². The van der Waals surface area contributed by atoms with Gasteiger partial charge in [-0.2, -0.15) is 5.10 Å². The number of aromatic nitrogens is 3. The molecule has 0 spiro atoms. The maximum Gasteiger partial charge on any atom is 0.345 e. The van der Waals surface area contributed by atoms with Crippen molar-refractivity contribution in [3.8, 4) is 17.1 Å². The fourth-order valence-corrected chi connectivity index (χ4v) is 3.87. The van der Waals surface area contributed by atoms with Crippen LogP contribution in [0.4, 0.5) is 0 Å². The van der Waals surface area contributed by atoms with Crippen LogP contribution in [0, 0.1) is 11.7 Å². The van der Waals surface area contributed by atoms with Gasteiger partial charge >= 0.3 is 5.97 Å². The number of benzene rings is 2. The Bertz CT molecular complexity index is 1150. The average Bonchev–Trinajstić information content (AvgIpc) is 3.18. The normalized spacial score (nSPS) is 11.1. The van der Waals surface area contributed by atoms with Crippen LogP contribution in [-0.4, -0.2) is 25.8 Å². The second kappa shape index (κ2) is 5.94. The van der Waals surface area contributed by atoms with Crippen molar-refractivity contribution in [3.05, 3.63) is 63.7 Å². The highest BCUT2D eigenvalue weighted by Crippen LogP contribution is 2.29. The summed E-state index contributed by atoms with van der Waals surface area (Å²) >= 11 is 6.65. The van der Waals surface area contributed by atoms with Gasteiger partial charge in [0.1, 0.15) is 4.88 Å². The standard InChI is InChI=1S/C18H13N3O2S2/c1-10-2-4-11(5-3-10)16-19-20-18(24)21(16)13-7-6-12-8-15(17(22)23)25-14(12)9-13/h2-9H,1H3,(H,20,24)(H,22,23). The van der Waals surface area contributed by atoms with Gasteiger partial charge in [-0.3, -0.25) is 9.67 Å². The molecule has 0 amide bonds. The molecule has 25 heavy (non-hydrogen) atoms. The quantitative estimate of drug-likeness (QED) is 0.509. The first kappa shape index (κ1) is 15.7. The number of carbonyl (C=O) groups is 1. The van der Waals surface area contributed by atoms with E-state index in [0.717, 1.165) is 27.2 Å². The van der Waals surface area contributed by atoms with E-state index in [0.29, 0.717) is 9.65 Å². The number of rotatable bonds is 3. The Kier molecular flexibility index (Phi) is 3.74. The van der Waals surface area contributed by atoms with Gasteiger partial charge < -0.3 is 5.11 Å². The minimum atomic E-state index is -0.914. The molecule has 0 aliphatic heterocycles. The molecule has 2 heterocycles. The zero-order valence-corrected chi connectivity index (χ0v) is 14.8. The molecule has 7 heteroatoms. The number of aryl methyl sites for hydroxylation is 1. The van der Waals surface area contributed by atoms with Gasteiger partial charge in [0.25, 0.3) is 0 Å². The molecule has 0 aliphatic carbocycles. The molecule has 4 rings (SSSR count). The van der Waals surface area contributed by atoms with Crippen molar-refractivity contribution in [1.29, 1.82) is 0 Å². The minimum Gasteiger partial charge on any atom is -0.477 e. The number of carboxylic acids is 1.